The molecule has 10 heteroatoms. The van der Waals surface area contributed by atoms with Gasteiger partial charge in [-0.25, -0.2) is 0 Å². The Balaban J connectivity index is 1.38. The van der Waals surface area contributed by atoms with Crippen LogP contribution in [-0.2, 0) is 33.4 Å². The molecule has 1 spiro atoms. The Hall–Kier alpha value is -0.840. The zero-order valence-electron chi connectivity index (χ0n) is 20.2. The molecule has 3 aliphatic carbocycles. The Kier molecular flexibility index (Phi) is 6.74. The Morgan fingerprint density at radius 3 is 2.47 bits per heavy atom. The lowest BCUT2D eigenvalue weighted by molar-refractivity contribution is -0.181. The highest BCUT2D eigenvalue weighted by Crippen LogP contribution is 2.62. The first-order valence-electron chi connectivity index (χ1n) is 12.8. The second-order valence-electron chi connectivity index (χ2n) is 11.1. The van der Waals surface area contributed by atoms with E-state index in [1.807, 2.05) is 11.8 Å². The molecule has 192 valence electrons. The molecular formula is C24H37NO7S2. The van der Waals surface area contributed by atoms with E-state index in [2.05, 4.69) is 18.7 Å². The molecular weight excluding hydrogens is 478 g/mol. The van der Waals surface area contributed by atoms with Crippen LogP contribution < -0.4 is 0 Å². The molecule has 8 nitrogen and oxygen atoms in total. The van der Waals surface area contributed by atoms with Crippen molar-refractivity contribution in [1.29, 1.82) is 0 Å². The molecule has 5 rings (SSSR count). The van der Waals surface area contributed by atoms with Crippen LogP contribution in [0.4, 0.5) is 0 Å². The Bertz CT molecular complexity index is 910. The molecule has 5 atom stereocenters. The molecule has 2 saturated heterocycles. The van der Waals surface area contributed by atoms with Gasteiger partial charge in [0.1, 0.15) is 16.5 Å². The fourth-order valence-electron chi connectivity index (χ4n) is 7.25. The van der Waals surface area contributed by atoms with E-state index in [4.69, 9.17) is 13.7 Å². The van der Waals surface area contributed by atoms with Gasteiger partial charge in [-0.15, -0.1) is 0 Å². The highest BCUT2D eigenvalue weighted by atomic mass is 32.2. The third kappa shape index (κ3) is 4.10. The van der Waals surface area contributed by atoms with E-state index in [1.165, 1.54) is 0 Å². The lowest BCUT2D eigenvalue weighted by Crippen LogP contribution is -2.53. The number of thioether (sulfide) groups is 1. The van der Waals surface area contributed by atoms with Gasteiger partial charge in [-0.05, 0) is 62.7 Å². The van der Waals surface area contributed by atoms with Crippen molar-refractivity contribution in [2.75, 3.05) is 37.7 Å². The molecule has 3 saturated carbocycles. The van der Waals surface area contributed by atoms with Crippen LogP contribution in [0, 0.1) is 23.7 Å². The fraction of sp³-hybridized carbons (Fsp3) is 0.917. The largest absolute Gasteiger partial charge is 0.460 e. The van der Waals surface area contributed by atoms with Crippen LogP contribution >= 0.6 is 11.8 Å². The topological polar surface area (TPSA) is 99.2 Å². The predicted octanol–water partition coefficient (Wildman–Crippen LogP) is 2.60. The van der Waals surface area contributed by atoms with E-state index in [9.17, 15) is 18.0 Å². The third-order valence-electron chi connectivity index (χ3n) is 9.16. The van der Waals surface area contributed by atoms with Crippen LogP contribution in [0.1, 0.15) is 58.8 Å². The number of esters is 2. The van der Waals surface area contributed by atoms with Crippen LogP contribution in [-0.4, -0.2) is 79.5 Å². The van der Waals surface area contributed by atoms with Crippen LogP contribution in [0.3, 0.4) is 0 Å². The maximum Gasteiger partial charge on any atom is 0.320 e. The van der Waals surface area contributed by atoms with E-state index in [0.717, 1.165) is 50.3 Å². The van der Waals surface area contributed by atoms with Crippen LogP contribution in [0.25, 0.3) is 0 Å². The van der Waals surface area contributed by atoms with Gasteiger partial charge in [0.15, 0.2) is 0 Å². The van der Waals surface area contributed by atoms with Gasteiger partial charge in [0, 0.05) is 24.6 Å². The second-order valence-corrected chi connectivity index (χ2v) is 14.3. The van der Waals surface area contributed by atoms with Gasteiger partial charge in [0.05, 0.1) is 19.1 Å². The molecule has 0 N–H and O–H groups in total. The molecule has 0 aromatic carbocycles. The van der Waals surface area contributed by atoms with Crippen LogP contribution in [0.5, 0.6) is 0 Å². The van der Waals surface area contributed by atoms with E-state index < -0.39 is 44.4 Å². The van der Waals surface area contributed by atoms with Crippen molar-refractivity contribution >= 4 is 33.8 Å². The molecule has 5 aliphatic rings. The van der Waals surface area contributed by atoms with Gasteiger partial charge in [0.25, 0.3) is 10.1 Å². The average molecular weight is 516 g/mol. The van der Waals surface area contributed by atoms with Crippen LogP contribution in [0.15, 0.2) is 0 Å². The Labute approximate surface area is 206 Å². The fourth-order valence-corrected chi connectivity index (χ4v) is 10.1. The number of fused-ring (bicyclic) bond motifs is 3. The predicted molar refractivity (Wildman–Crippen MR) is 128 cm³/mol. The molecule has 0 aromatic rings. The summed E-state index contributed by atoms with van der Waals surface area (Å²) in [5, 5.41) is 0. The maximum absolute atomic E-state index is 13.8. The number of carbonyl (C=O) groups is 2. The molecule has 34 heavy (non-hydrogen) atoms. The van der Waals surface area contributed by atoms with Gasteiger partial charge in [-0.1, -0.05) is 13.8 Å². The zero-order chi connectivity index (χ0) is 24.1. The summed E-state index contributed by atoms with van der Waals surface area (Å²) in [5.41, 5.74) is -0.517. The molecule has 5 unspecified atom stereocenters. The van der Waals surface area contributed by atoms with Gasteiger partial charge < -0.3 is 9.47 Å². The summed E-state index contributed by atoms with van der Waals surface area (Å²) in [6.07, 6.45) is 4.37. The summed E-state index contributed by atoms with van der Waals surface area (Å²) in [5.74, 6) is 0.0704. The summed E-state index contributed by atoms with van der Waals surface area (Å²) in [7, 11) is -3.78. The Morgan fingerprint density at radius 2 is 1.85 bits per heavy atom. The number of rotatable bonds is 6. The van der Waals surface area contributed by atoms with Crippen molar-refractivity contribution < 1.29 is 31.7 Å². The molecule has 2 bridgehead atoms. The lowest BCUT2D eigenvalue weighted by atomic mass is 9.76. The highest BCUT2D eigenvalue weighted by molar-refractivity contribution is 7.99. The minimum absolute atomic E-state index is 0.153. The maximum atomic E-state index is 13.8. The van der Waals surface area contributed by atoms with E-state index in [0.29, 0.717) is 19.3 Å². The molecule has 5 fully saturated rings. The number of hydrogen-bond acceptors (Lipinski definition) is 9. The van der Waals surface area contributed by atoms with E-state index in [-0.39, 0.29) is 31.0 Å². The first-order chi connectivity index (χ1) is 16.2. The standard InChI is InChI=1S/C24H37NO7S2/c1-16(2)23(5-3-4-6-23)32-22(27)20-18-13-17(14-24(18)7-10-30-34(24,28)29)21(20)31-19(26)15-25-8-11-33-12-9-25/h16-18,20-21H,3-15H2,1-2H3. The summed E-state index contributed by atoms with van der Waals surface area (Å²) in [4.78, 5) is 28.8. The average Bonchev–Trinajstić information content (AvgIpc) is 3.54. The van der Waals surface area contributed by atoms with E-state index in [1.54, 1.807) is 0 Å². The third-order valence-corrected chi connectivity index (χ3v) is 12.2. The first-order valence-corrected chi connectivity index (χ1v) is 15.4. The summed E-state index contributed by atoms with van der Waals surface area (Å²) in [6.45, 7) is 6.20. The molecule has 2 aliphatic heterocycles. The minimum Gasteiger partial charge on any atom is -0.460 e. The SMILES string of the molecule is CC(C)C1(OC(=O)C2C(OC(=O)CN3CCSCC3)C3CC2C2(CCOS2(=O)=O)C3)CCCC1. The van der Waals surface area contributed by atoms with Crippen molar-refractivity contribution in [2.24, 2.45) is 23.7 Å². The highest BCUT2D eigenvalue weighted by Gasteiger charge is 2.71. The first kappa shape index (κ1) is 24.8. The van der Waals surface area contributed by atoms with Crippen LogP contribution in [0.2, 0.25) is 0 Å². The van der Waals surface area contributed by atoms with Crippen molar-refractivity contribution in [3.8, 4) is 0 Å². The van der Waals surface area contributed by atoms with Gasteiger partial charge in [-0.3, -0.25) is 18.7 Å². The number of nitrogens with zero attached hydrogens (tertiary/aromatic N) is 1. The smallest absolute Gasteiger partial charge is 0.320 e. The van der Waals surface area contributed by atoms with Gasteiger partial charge in [0.2, 0.25) is 0 Å². The van der Waals surface area contributed by atoms with Crippen molar-refractivity contribution in [3.05, 3.63) is 0 Å². The Morgan fingerprint density at radius 1 is 1.15 bits per heavy atom. The zero-order valence-corrected chi connectivity index (χ0v) is 21.8. The molecule has 2 heterocycles. The molecule has 0 amide bonds. The molecule has 0 radical (unpaired) electrons. The number of hydrogen-bond donors (Lipinski definition) is 0. The van der Waals surface area contributed by atoms with Crippen molar-refractivity contribution in [2.45, 2.75) is 75.2 Å². The monoisotopic (exact) mass is 515 g/mol. The van der Waals surface area contributed by atoms with Gasteiger partial charge >= 0.3 is 11.9 Å². The molecule has 0 aromatic heterocycles. The quantitative estimate of drug-likeness (QED) is 0.390. The van der Waals surface area contributed by atoms with Crippen molar-refractivity contribution in [3.63, 3.8) is 0 Å². The summed E-state index contributed by atoms with van der Waals surface area (Å²) < 4.78 is 42.3. The minimum atomic E-state index is -3.78. The normalized spacial score (nSPS) is 38.6. The summed E-state index contributed by atoms with van der Waals surface area (Å²) >= 11 is 1.88. The number of carbonyl (C=O) groups excluding carboxylic acids is 2. The number of ether oxygens (including phenoxy) is 2. The van der Waals surface area contributed by atoms with Crippen molar-refractivity contribution in [1.82, 2.24) is 4.90 Å². The van der Waals surface area contributed by atoms with E-state index >= 15 is 0 Å². The second kappa shape index (κ2) is 9.23. The lowest BCUT2D eigenvalue weighted by Gasteiger charge is -2.41. The van der Waals surface area contributed by atoms with Gasteiger partial charge in [-0.2, -0.15) is 20.2 Å². The summed E-state index contributed by atoms with van der Waals surface area (Å²) in [6, 6.07) is 0.